The van der Waals surface area contributed by atoms with Gasteiger partial charge >= 0.3 is 0 Å². The predicted molar refractivity (Wildman–Crippen MR) is 145 cm³/mol. The van der Waals surface area contributed by atoms with Crippen molar-refractivity contribution >= 4 is 6.21 Å². The summed E-state index contributed by atoms with van der Waals surface area (Å²) in [5.41, 5.74) is 2.24. The Balaban J connectivity index is 1.49. The Morgan fingerprint density at radius 1 is 1.25 bits per heavy atom. The zero-order valence-electron chi connectivity index (χ0n) is 22.2. The first-order valence-electron chi connectivity index (χ1n) is 13.2. The molecule has 198 valence electrons. The molecule has 1 aromatic carbocycles. The lowest BCUT2D eigenvalue weighted by Gasteiger charge is -2.21. The van der Waals surface area contributed by atoms with Crippen LogP contribution in [0.1, 0.15) is 52.0 Å². The summed E-state index contributed by atoms with van der Waals surface area (Å²) < 4.78 is 12.1. The Morgan fingerprint density at radius 2 is 2.08 bits per heavy atom. The van der Waals surface area contributed by atoms with Crippen LogP contribution in [-0.2, 0) is 11.2 Å². The van der Waals surface area contributed by atoms with E-state index in [0.29, 0.717) is 18.9 Å². The van der Waals surface area contributed by atoms with Crippen molar-refractivity contribution in [2.24, 2.45) is 10.9 Å². The first-order valence-corrected chi connectivity index (χ1v) is 13.2. The number of aliphatic hydroxyl groups is 1. The molecule has 1 aromatic rings. The number of unbranched alkanes of at least 4 members (excludes halogenated alkanes) is 1. The molecule has 0 aromatic heterocycles. The monoisotopic (exact) mass is 497 g/mol. The summed E-state index contributed by atoms with van der Waals surface area (Å²) in [6.07, 6.45) is 13.2. The molecule has 7 nitrogen and oxygen atoms in total. The van der Waals surface area contributed by atoms with Gasteiger partial charge < -0.3 is 25.0 Å². The van der Waals surface area contributed by atoms with E-state index in [1.165, 1.54) is 12.8 Å². The number of aromatic hydroxyl groups is 1. The van der Waals surface area contributed by atoms with Crippen LogP contribution in [0.25, 0.3) is 0 Å². The second kappa shape index (κ2) is 14.2. The molecule has 3 rings (SSSR count). The lowest BCUT2D eigenvalue weighted by Crippen LogP contribution is -2.36. The summed E-state index contributed by atoms with van der Waals surface area (Å²) in [6, 6.07) is 6.34. The number of aryl methyl sites for hydroxylation is 1. The number of nitrogens with zero attached hydrogens (tertiary/aromatic N) is 1. The highest BCUT2D eigenvalue weighted by molar-refractivity contribution is 5.84. The maximum Gasteiger partial charge on any atom is 0.176 e. The Kier molecular flexibility index (Phi) is 11.0. The van der Waals surface area contributed by atoms with Crippen molar-refractivity contribution in [3.63, 3.8) is 0 Å². The van der Waals surface area contributed by atoms with Crippen LogP contribution in [0, 0.1) is 18.4 Å². The number of hydrogen-bond donors (Lipinski definition) is 4. The molecule has 0 saturated carbocycles. The van der Waals surface area contributed by atoms with E-state index in [-0.39, 0.29) is 29.9 Å². The van der Waals surface area contributed by atoms with E-state index in [9.17, 15) is 10.2 Å². The number of benzene rings is 1. The number of rotatable bonds is 16. The van der Waals surface area contributed by atoms with Crippen molar-refractivity contribution in [1.82, 2.24) is 10.6 Å². The van der Waals surface area contributed by atoms with Gasteiger partial charge in [0.1, 0.15) is 18.2 Å². The third-order valence-corrected chi connectivity index (χ3v) is 6.57. The molecule has 0 aliphatic carbocycles. The number of aliphatic hydroxyl groups excluding tert-OH is 1. The average molecular weight is 498 g/mol. The molecule has 0 saturated heterocycles. The largest absolute Gasteiger partial charge is 0.592 e. The molecule has 7 heteroatoms. The minimum atomic E-state index is -0.360. The number of nitrogens with one attached hydrogen (secondary N) is 2. The summed E-state index contributed by atoms with van der Waals surface area (Å²) in [5.74, 6) is 1.91. The third-order valence-electron chi connectivity index (χ3n) is 6.57. The number of likely N-dealkylation sites (N-methyl/N-ethyl adjacent to an activating group) is 1. The van der Waals surface area contributed by atoms with E-state index in [1.54, 1.807) is 13.0 Å². The summed E-state index contributed by atoms with van der Waals surface area (Å²) in [5, 5.41) is 26.3. The second-order valence-electron chi connectivity index (χ2n) is 9.81. The second-order valence-corrected chi connectivity index (χ2v) is 9.81. The van der Waals surface area contributed by atoms with Crippen molar-refractivity contribution in [3.8, 4) is 11.5 Å². The minimum absolute atomic E-state index is 0.105. The number of aliphatic imine (C=N–C) groups is 1. The molecule has 0 fully saturated rings. The van der Waals surface area contributed by atoms with Gasteiger partial charge in [0.05, 0.1) is 18.1 Å². The van der Waals surface area contributed by atoms with Gasteiger partial charge in [-0.25, -0.2) is 0 Å². The molecular weight excluding hydrogens is 454 g/mol. The van der Waals surface area contributed by atoms with Gasteiger partial charge in [0.2, 0.25) is 0 Å². The standard InChI is InChI=1S/C29H43N3O4/c1-5-6-7-24-11-12-25(36-24)10-8-22-9-13-28(34)29(14-22)35-19-27(30-4)26-15-23(18-32-26)20(2)16-31-17-21(3)33/h9,11-15,18,20-21,24,27,30-31,33-34H,5-8,10,16-17,19H2,1-4H3/t20-,21+,24?,27+/m1/s1. The smallest absolute Gasteiger partial charge is 0.176 e. The molecule has 36 heavy (non-hydrogen) atoms. The van der Waals surface area contributed by atoms with Crippen molar-refractivity contribution in [3.05, 3.63) is 59.7 Å². The van der Waals surface area contributed by atoms with Crippen molar-refractivity contribution in [1.29, 1.82) is 0 Å². The van der Waals surface area contributed by atoms with E-state index in [2.05, 4.69) is 48.0 Å². The quantitative estimate of drug-likeness (QED) is 0.257. The average Bonchev–Trinajstić information content (AvgIpc) is 3.53. The summed E-state index contributed by atoms with van der Waals surface area (Å²) in [7, 11) is 1.88. The Labute approximate surface area is 216 Å². The van der Waals surface area contributed by atoms with Crippen LogP contribution in [0.2, 0.25) is 0 Å². The Bertz CT molecular complexity index is 912. The first-order chi connectivity index (χ1) is 17.4. The lowest BCUT2D eigenvalue weighted by molar-refractivity contribution is 0.147. The van der Waals surface area contributed by atoms with E-state index in [4.69, 9.17) is 9.47 Å². The molecule has 2 aliphatic rings. The maximum absolute atomic E-state index is 10.4. The predicted octanol–water partition coefficient (Wildman–Crippen LogP) is 4.12. The minimum Gasteiger partial charge on any atom is -0.592 e. The SMILES string of the molecule is CCCCC1[CH-]C=C(CCc2ccc(O)c(OC[C@H](NC)[C+]3C=C([C@H](C)CNC[C@H](C)O)C=N3)c2)O1. The summed E-state index contributed by atoms with van der Waals surface area (Å²) in [4.78, 5) is 4.60. The molecule has 0 amide bonds. The van der Waals surface area contributed by atoms with Crippen LogP contribution >= 0.6 is 0 Å². The fourth-order valence-electron chi connectivity index (χ4n) is 4.26. The number of ether oxygens (including phenoxy) is 2. The highest BCUT2D eigenvalue weighted by Gasteiger charge is 2.32. The molecule has 2 aliphatic heterocycles. The van der Waals surface area contributed by atoms with Crippen LogP contribution in [0.4, 0.5) is 0 Å². The Hall–Kier alpha value is -2.61. The number of phenolic OH excluding ortho intramolecular Hbond substituents is 1. The molecule has 0 spiro atoms. The van der Waals surface area contributed by atoms with Gasteiger partial charge in [-0.3, -0.25) is 5.32 Å². The zero-order valence-corrected chi connectivity index (χ0v) is 22.2. The van der Waals surface area contributed by atoms with Gasteiger partial charge in [-0.1, -0.05) is 38.0 Å². The molecule has 4 atom stereocenters. The van der Waals surface area contributed by atoms with Gasteiger partial charge in [0.25, 0.3) is 0 Å². The molecule has 4 N–H and O–H groups in total. The van der Waals surface area contributed by atoms with Gasteiger partial charge in [0, 0.05) is 19.2 Å². The first kappa shape index (κ1) is 28.0. The molecule has 1 unspecified atom stereocenters. The highest BCUT2D eigenvalue weighted by Crippen LogP contribution is 2.30. The fraction of sp³-hybridized carbons (Fsp3) is 0.552. The van der Waals surface area contributed by atoms with E-state index >= 15 is 0 Å². The number of phenols is 1. The van der Waals surface area contributed by atoms with Gasteiger partial charge in [-0.15, -0.1) is 4.99 Å². The van der Waals surface area contributed by atoms with E-state index in [0.717, 1.165) is 48.7 Å². The Morgan fingerprint density at radius 3 is 2.83 bits per heavy atom. The normalized spacial score (nSPS) is 19.4. The topological polar surface area (TPSA) is 95.3 Å². The van der Waals surface area contributed by atoms with Gasteiger partial charge in [-0.05, 0) is 51.4 Å². The summed E-state index contributed by atoms with van der Waals surface area (Å²) in [6.45, 7) is 7.80. The zero-order chi connectivity index (χ0) is 25.9. The molecular formula is C29H43N3O4. The van der Waals surface area contributed by atoms with Gasteiger partial charge in [-0.2, -0.15) is 12.5 Å². The molecule has 2 heterocycles. The maximum atomic E-state index is 10.4. The van der Waals surface area contributed by atoms with E-state index < -0.39 is 0 Å². The number of allylic oxidation sites excluding steroid dienone is 1. The van der Waals surface area contributed by atoms with Crippen LogP contribution in [0.3, 0.4) is 0 Å². The van der Waals surface area contributed by atoms with Crippen LogP contribution in [-0.4, -0.2) is 61.4 Å². The molecule has 0 radical (unpaired) electrons. The number of hydrogen-bond acceptors (Lipinski definition) is 7. The fourth-order valence-corrected chi connectivity index (χ4v) is 4.26. The van der Waals surface area contributed by atoms with Crippen molar-refractivity contribution in [2.75, 3.05) is 26.7 Å². The summed E-state index contributed by atoms with van der Waals surface area (Å²) >= 11 is 0. The van der Waals surface area contributed by atoms with Crippen LogP contribution < -0.4 is 15.4 Å². The van der Waals surface area contributed by atoms with Crippen LogP contribution in [0.15, 0.2) is 46.7 Å². The third kappa shape index (κ3) is 8.50. The van der Waals surface area contributed by atoms with Crippen LogP contribution in [0.5, 0.6) is 11.5 Å². The van der Waals surface area contributed by atoms with Crippen molar-refractivity contribution in [2.45, 2.75) is 71.1 Å². The highest BCUT2D eigenvalue weighted by atomic mass is 16.5. The van der Waals surface area contributed by atoms with Gasteiger partial charge in [0.15, 0.2) is 23.8 Å². The van der Waals surface area contributed by atoms with Crippen molar-refractivity contribution < 1.29 is 19.7 Å². The molecule has 0 bridgehead atoms. The lowest BCUT2D eigenvalue weighted by atomic mass is 10.00. The van der Waals surface area contributed by atoms with E-state index in [1.807, 2.05) is 25.4 Å².